The number of hydrogen-bond acceptors (Lipinski definition) is 6. The summed E-state index contributed by atoms with van der Waals surface area (Å²) in [6, 6.07) is 7.80. The van der Waals surface area contributed by atoms with Gasteiger partial charge in [0.15, 0.2) is 5.82 Å². The highest BCUT2D eigenvalue weighted by Crippen LogP contribution is 2.39. The number of methoxy groups -OCH3 is 1. The SMILES string of the molecule is COc1ccccc1CCNC(=O)c1nn2c(C3CC3)nnc2s1. The summed E-state index contributed by atoms with van der Waals surface area (Å²) < 4.78 is 7.02. The molecule has 1 aliphatic rings. The van der Waals surface area contributed by atoms with E-state index in [-0.39, 0.29) is 5.91 Å². The standard InChI is InChI=1S/C16H17N5O2S/c1-23-12-5-3-2-4-10(12)8-9-17-14(22)15-20-21-13(11-6-7-11)18-19-16(21)24-15/h2-5,11H,6-9H2,1H3,(H,17,22). The fraction of sp³-hybridized carbons (Fsp3) is 0.375. The van der Waals surface area contributed by atoms with Crippen LogP contribution < -0.4 is 10.1 Å². The minimum absolute atomic E-state index is 0.179. The Morgan fingerprint density at radius 1 is 1.38 bits per heavy atom. The maximum atomic E-state index is 12.3. The minimum atomic E-state index is -0.179. The van der Waals surface area contributed by atoms with E-state index in [1.54, 1.807) is 11.6 Å². The Hall–Kier alpha value is -2.48. The average molecular weight is 343 g/mol. The van der Waals surface area contributed by atoms with Gasteiger partial charge < -0.3 is 10.1 Å². The van der Waals surface area contributed by atoms with Gasteiger partial charge in [-0.25, -0.2) is 0 Å². The van der Waals surface area contributed by atoms with Gasteiger partial charge in [0.1, 0.15) is 5.75 Å². The smallest absolute Gasteiger partial charge is 0.282 e. The summed E-state index contributed by atoms with van der Waals surface area (Å²) in [5.41, 5.74) is 1.06. The zero-order valence-corrected chi connectivity index (χ0v) is 14.0. The molecular formula is C16H17N5O2S. The van der Waals surface area contributed by atoms with E-state index in [0.29, 0.717) is 28.9 Å². The summed E-state index contributed by atoms with van der Waals surface area (Å²) in [6.45, 7) is 0.523. The fourth-order valence-electron chi connectivity index (χ4n) is 2.62. The number of hydrogen-bond donors (Lipinski definition) is 1. The Kier molecular flexibility index (Phi) is 3.89. The van der Waals surface area contributed by atoms with Gasteiger partial charge in [-0.05, 0) is 30.9 Å². The Bertz CT molecular complexity index is 884. The number of aromatic nitrogens is 4. The largest absolute Gasteiger partial charge is 0.496 e. The van der Waals surface area contributed by atoms with Crippen LogP contribution in [0, 0.1) is 0 Å². The van der Waals surface area contributed by atoms with Gasteiger partial charge in [-0.1, -0.05) is 29.5 Å². The lowest BCUT2D eigenvalue weighted by atomic mass is 10.1. The number of amides is 1. The quantitative estimate of drug-likeness (QED) is 0.741. The van der Waals surface area contributed by atoms with Crippen LogP contribution in [0.25, 0.3) is 4.96 Å². The number of ether oxygens (including phenoxy) is 1. The molecule has 8 heteroatoms. The molecule has 1 amide bonds. The first-order valence-corrected chi connectivity index (χ1v) is 8.70. The molecule has 24 heavy (non-hydrogen) atoms. The van der Waals surface area contributed by atoms with Crippen LogP contribution in [0.5, 0.6) is 5.75 Å². The molecule has 1 aromatic carbocycles. The molecule has 0 unspecified atom stereocenters. The first-order valence-electron chi connectivity index (χ1n) is 7.88. The van der Waals surface area contributed by atoms with Crippen molar-refractivity contribution >= 4 is 22.2 Å². The highest BCUT2D eigenvalue weighted by Gasteiger charge is 2.30. The number of nitrogens with zero attached hydrogens (tertiary/aromatic N) is 4. The predicted molar refractivity (Wildman–Crippen MR) is 89.7 cm³/mol. The van der Waals surface area contributed by atoms with Crippen LogP contribution >= 0.6 is 11.3 Å². The van der Waals surface area contributed by atoms with Crippen molar-refractivity contribution in [2.75, 3.05) is 13.7 Å². The maximum Gasteiger partial charge on any atom is 0.282 e. The van der Waals surface area contributed by atoms with Gasteiger partial charge in [0.25, 0.3) is 5.91 Å². The Balaban J connectivity index is 1.41. The highest BCUT2D eigenvalue weighted by molar-refractivity contribution is 7.18. The summed E-state index contributed by atoms with van der Waals surface area (Å²) in [7, 11) is 1.65. The van der Waals surface area contributed by atoms with E-state index in [4.69, 9.17) is 4.74 Å². The van der Waals surface area contributed by atoms with Gasteiger partial charge in [0, 0.05) is 12.5 Å². The normalized spacial score (nSPS) is 14.0. The lowest BCUT2D eigenvalue weighted by Crippen LogP contribution is -2.25. The molecule has 1 N–H and O–H groups in total. The van der Waals surface area contributed by atoms with E-state index in [1.807, 2.05) is 24.3 Å². The zero-order chi connectivity index (χ0) is 16.5. The van der Waals surface area contributed by atoms with E-state index >= 15 is 0 Å². The number of rotatable bonds is 6. The van der Waals surface area contributed by atoms with Gasteiger partial charge in [0.2, 0.25) is 9.97 Å². The third-order valence-corrected chi connectivity index (χ3v) is 4.92. The van der Waals surface area contributed by atoms with Crippen LogP contribution in [0.2, 0.25) is 0 Å². The lowest BCUT2D eigenvalue weighted by Gasteiger charge is -2.08. The minimum Gasteiger partial charge on any atom is -0.496 e. The molecule has 2 heterocycles. The van der Waals surface area contributed by atoms with Crippen molar-refractivity contribution in [1.82, 2.24) is 25.1 Å². The summed E-state index contributed by atoms with van der Waals surface area (Å²) in [5, 5.41) is 16.0. The van der Waals surface area contributed by atoms with Crippen molar-refractivity contribution in [3.05, 3.63) is 40.7 Å². The van der Waals surface area contributed by atoms with Crippen molar-refractivity contribution in [3.63, 3.8) is 0 Å². The van der Waals surface area contributed by atoms with Crippen molar-refractivity contribution in [1.29, 1.82) is 0 Å². The first-order chi connectivity index (χ1) is 11.8. The van der Waals surface area contributed by atoms with E-state index in [0.717, 1.165) is 30.0 Å². The van der Waals surface area contributed by atoms with Gasteiger partial charge in [-0.2, -0.15) is 4.52 Å². The van der Waals surface area contributed by atoms with E-state index in [1.165, 1.54) is 11.3 Å². The molecule has 0 atom stereocenters. The summed E-state index contributed by atoms with van der Waals surface area (Å²) in [6.07, 6.45) is 2.95. The second-order valence-electron chi connectivity index (χ2n) is 5.75. The number of nitrogens with one attached hydrogen (secondary N) is 1. The van der Waals surface area contributed by atoms with E-state index in [2.05, 4.69) is 20.6 Å². The fourth-order valence-corrected chi connectivity index (χ4v) is 3.38. The van der Waals surface area contributed by atoms with Crippen LogP contribution in [0.4, 0.5) is 0 Å². The highest BCUT2D eigenvalue weighted by atomic mass is 32.1. The molecule has 0 saturated heterocycles. The molecule has 1 saturated carbocycles. The molecule has 1 aliphatic carbocycles. The molecule has 2 aromatic heterocycles. The first kappa shape index (κ1) is 15.1. The van der Waals surface area contributed by atoms with Gasteiger partial charge in [-0.3, -0.25) is 4.79 Å². The topological polar surface area (TPSA) is 81.4 Å². The van der Waals surface area contributed by atoms with E-state index < -0.39 is 0 Å². The molecule has 0 bridgehead atoms. The molecule has 4 rings (SSSR count). The third kappa shape index (κ3) is 2.84. The monoisotopic (exact) mass is 343 g/mol. The number of benzene rings is 1. The molecule has 124 valence electrons. The third-order valence-electron chi connectivity index (χ3n) is 4.02. The molecule has 7 nitrogen and oxygen atoms in total. The number of fused-ring (bicyclic) bond motifs is 1. The van der Waals surface area contributed by atoms with Crippen molar-refractivity contribution in [2.45, 2.75) is 25.2 Å². The lowest BCUT2D eigenvalue weighted by molar-refractivity contribution is 0.0952. The second-order valence-corrected chi connectivity index (χ2v) is 6.71. The van der Waals surface area contributed by atoms with Gasteiger partial charge in [0.05, 0.1) is 7.11 Å². The Morgan fingerprint density at radius 3 is 3.00 bits per heavy atom. The van der Waals surface area contributed by atoms with Crippen LogP contribution in [-0.4, -0.2) is 39.4 Å². The summed E-state index contributed by atoms with van der Waals surface area (Å²) >= 11 is 1.27. The number of carbonyl (C=O) groups excluding carboxylic acids is 1. The second kappa shape index (κ2) is 6.20. The van der Waals surface area contributed by atoms with Crippen LogP contribution in [0.3, 0.4) is 0 Å². The Labute approximate surface area is 142 Å². The molecule has 3 aromatic rings. The predicted octanol–water partition coefficient (Wildman–Crippen LogP) is 2.04. The molecule has 0 spiro atoms. The van der Waals surface area contributed by atoms with Crippen molar-refractivity contribution < 1.29 is 9.53 Å². The number of carbonyl (C=O) groups is 1. The molecule has 0 aliphatic heterocycles. The average Bonchev–Trinajstić information content (AvgIpc) is 3.22. The molecule has 1 fully saturated rings. The zero-order valence-electron chi connectivity index (χ0n) is 13.2. The van der Waals surface area contributed by atoms with Crippen molar-refractivity contribution in [2.24, 2.45) is 0 Å². The van der Waals surface area contributed by atoms with E-state index in [9.17, 15) is 4.79 Å². The molecular weight excluding hydrogens is 326 g/mol. The van der Waals surface area contributed by atoms with Crippen LogP contribution in [0.15, 0.2) is 24.3 Å². The summed E-state index contributed by atoms with van der Waals surface area (Å²) in [5.74, 6) is 1.97. The maximum absolute atomic E-state index is 12.3. The Morgan fingerprint density at radius 2 is 2.21 bits per heavy atom. The summed E-state index contributed by atoms with van der Waals surface area (Å²) in [4.78, 5) is 13.0. The van der Waals surface area contributed by atoms with Gasteiger partial charge in [-0.15, -0.1) is 15.3 Å². The molecule has 0 radical (unpaired) electrons. The van der Waals surface area contributed by atoms with Crippen LogP contribution in [0.1, 0.15) is 39.9 Å². The van der Waals surface area contributed by atoms with Crippen LogP contribution in [-0.2, 0) is 6.42 Å². The van der Waals surface area contributed by atoms with Crippen molar-refractivity contribution in [3.8, 4) is 5.75 Å². The van der Waals surface area contributed by atoms with Gasteiger partial charge >= 0.3 is 0 Å². The number of para-hydroxylation sites is 1.